The zero-order valence-corrected chi connectivity index (χ0v) is 11.9. The van der Waals surface area contributed by atoms with Gasteiger partial charge in [0.25, 0.3) is 0 Å². The second-order valence-corrected chi connectivity index (χ2v) is 5.30. The Morgan fingerprint density at radius 1 is 1.56 bits per heavy atom. The van der Waals surface area contributed by atoms with Gasteiger partial charge in [-0.1, -0.05) is 12.1 Å². The van der Waals surface area contributed by atoms with E-state index in [1.807, 2.05) is 31.2 Å². The summed E-state index contributed by atoms with van der Waals surface area (Å²) in [4.78, 5) is 14.0. The number of benzene rings is 1. The molecule has 1 atom stereocenters. The summed E-state index contributed by atoms with van der Waals surface area (Å²) < 4.78 is 6.34. The Balaban J connectivity index is 1.87. The third-order valence-corrected chi connectivity index (χ3v) is 3.53. The maximum absolute atomic E-state index is 11.9. The van der Waals surface area contributed by atoms with Gasteiger partial charge in [-0.25, -0.2) is 0 Å². The van der Waals surface area contributed by atoms with Crippen LogP contribution in [0.1, 0.15) is 6.92 Å². The maximum atomic E-state index is 11.9. The van der Waals surface area contributed by atoms with Gasteiger partial charge >= 0.3 is 0 Å². The van der Waals surface area contributed by atoms with Gasteiger partial charge in [0.2, 0.25) is 5.91 Å². The first kappa shape index (κ1) is 13.5. The van der Waals surface area contributed by atoms with Crippen LogP contribution in [0.2, 0.25) is 0 Å². The largest absolute Gasteiger partial charge is 0.376 e. The molecule has 0 spiro atoms. The van der Waals surface area contributed by atoms with Crippen LogP contribution in [0.25, 0.3) is 0 Å². The third kappa shape index (κ3) is 3.80. The standard InChI is InChI=1S/C13H17BrN2O2/c1-10-8-16(6-7-18-10)9-13(17)15-12-5-3-2-4-11(12)14/h2-5,10H,6-9H2,1H3,(H,15,17)/t10-/m1/s1. The lowest BCUT2D eigenvalue weighted by Gasteiger charge is -2.30. The molecule has 0 saturated carbocycles. The van der Waals surface area contributed by atoms with Crippen LogP contribution in [0.4, 0.5) is 5.69 Å². The van der Waals surface area contributed by atoms with Gasteiger partial charge in [-0.05, 0) is 35.0 Å². The van der Waals surface area contributed by atoms with E-state index in [-0.39, 0.29) is 12.0 Å². The average Bonchev–Trinajstić information content (AvgIpc) is 2.32. The van der Waals surface area contributed by atoms with Crippen molar-refractivity contribution in [2.75, 3.05) is 31.6 Å². The van der Waals surface area contributed by atoms with Crippen LogP contribution in [0, 0.1) is 0 Å². The molecule has 1 aliphatic rings. The van der Waals surface area contributed by atoms with Crippen molar-refractivity contribution in [3.8, 4) is 0 Å². The normalized spacial score (nSPS) is 20.7. The van der Waals surface area contributed by atoms with Gasteiger partial charge in [0.15, 0.2) is 0 Å². The Kier molecular flexibility index (Phi) is 4.74. The minimum atomic E-state index is 0.0102. The quantitative estimate of drug-likeness (QED) is 0.929. The number of amides is 1. The Labute approximate surface area is 115 Å². The van der Waals surface area contributed by atoms with E-state index >= 15 is 0 Å². The molecule has 2 rings (SSSR count). The monoisotopic (exact) mass is 312 g/mol. The predicted molar refractivity (Wildman–Crippen MR) is 74.6 cm³/mol. The van der Waals surface area contributed by atoms with Crippen LogP contribution >= 0.6 is 15.9 Å². The highest BCUT2D eigenvalue weighted by Crippen LogP contribution is 2.21. The topological polar surface area (TPSA) is 41.6 Å². The number of rotatable bonds is 3. The summed E-state index contributed by atoms with van der Waals surface area (Å²) >= 11 is 3.41. The summed E-state index contributed by atoms with van der Waals surface area (Å²) in [6.45, 7) is 4.76. The molecule has 0 unspecified atom stereocenters. The van der Waals surface area contributed by atoms with Crippen molar-refractivity contribution >= 4 is 27.5 Å². The molecule has 98 valence electrons. The molecule has 1 saturated heterocycles. The number of anilines is 1. The molecule has 1 fully saturated rings. The molecule has 0 aromatic heterocycles. The van der Waals surface area contributed by atoms with Gasteiger partial charge in [-0.2, -0.15) is 0 Å². The number of carbonyl (C=O) groups excluding carboxylic acids is 1. The summed E-state index contributed by atoms with van der Waals surface area (Å²) in [5.41, 5.74) is 0.809. The van der Waals surface area contributed by atoms with Crippen molar-refractivity contribution < 1.29 is 9.53 Å². The highest BCUT2D eigenvalue weighted by Gasteiger charge is 2.19. The lowest BCUT2D eigenvalue weighted by molar-refractivity contribution is -0.119. The summed E-state index contributed by atoms with van der Waals surface area (Å²) in [7, 11) is 0. The number of hydrogen-bond acceptors (Lipinski definition) is 3. The Hall–Kier alpha value is -0.910. The summed E-state index contributed by atoms with van der Waals surface area (Å²) in [5.74, 6) is 0.0102. The molecule has 0 aliphatic carbocycles. The summed E-state index contributed by atoms with van der Waals surface area (Å²) in [6.07, 6.45) is 0.204. The molecule has 4 nitrogen and oxygen atoms in total. The van der Waals surface area contributed by atoms with Crippen molar-refractivity contribution in [1.29, 1.82) is 0 Å². The number of nitrogens with one attached hydrogen (secondary N) is 1. The number of nitrogens with zero attached hydrogens (tertiary/aromatic N) is 1. The first-order valence-corrected chi connectivity index (χ1v) is 6.83. The van der Waals surface area contributed by atoms with Crippen LogP contribution in [0.3, 0.4) is 0 Å². The van der Waals surface area contributed by atoms with E-state index < -0.39 is 0 Å². The minimum Gasteiger partial charge on any atom is -0.376 e. The second-order valence-electron chi connectivity index (χ2n) is 4.44. The SMILES string of the molecule is C[C@@H]1CN(CC(=O)Nc2ccccc2Br)CCO1. The lowest BCUT2D eigenvalue weighted by atomic mass is 10.3. The summed E-state index contributed by atoms with van der Waals surface area (Å²) in [6, 6.07) is 7.61. The molecule has 0 radical (unpaired) electrons. The molecule has 18 heavy (non-hydrogen) atoms. The number of halogens is 1. The molecule has 0 bridgehead atoms. The highest BCUT2D eigenvalue weighted by molar-refractivity contribution is 9.10. The second kappa shape index (κ2) is 6.31. The fraction of sp³-hybridized carbons (Fsp3) is 0.462. The first-order valence-electron chi connectivity index (χ1n) is 6.03. The zero-order valence-electron chi connectivity index (χ0n) is 10.4. The van der Waals surface area contributed by atoms with Crippen molar-refractivity contribution in [1.82, 2.24) is 4.90 Å². The molecular weight excluding hydrogens is 296 g/mol. The molecular formula is C13H17BrN2O2. The van der Waals surface area contributed by atoms with Crippen molar-refractivity contribution in [3.63, 3.8) is 0 Å². The minimum absolute atomic E-state index is 0.0102. The van der Waals surface area contributed by atoms with E-state index in [9.17, 15) is 4.79 Å². The van der Waals surface area contributed by atoms with E-state index in [2.05, 4.69) is 26.1 Å². The van der Waals surface area contributed by atoms with E-state index in [1.165, 1.54) is 0 Å². The number of hydrogen-bond donors (Lipinski definition) is 1. The predicted octanol–water partition coefficient (Wildman–Crippen LogP) is 2.11. The number of para-hydroxylation sites is 1. The van der Waals surface area contributed by atoms with Gasteiger partial charge in [0, 0.05) is 17.6 Å². The van der Waals surface area contributed by atoms with Crippen LogP contribution in [-0.2, 0) is 9.53 Å². The third-order valence-electron chi connectivity index (χ3n) is 2.84. The molecule has 5 heteroatoms. The average molecular weight is 313 g/mol. The number of carbonyl (C=O) groups is 1. The van der Waals surface area contributed by atoms with Crippen LogP contribution in [0.5, 0.6) is 0 Å². The zero-order chi connectivity index (χ0) is 13.0. The molecule has 1 aromatic carbocycles. The van der Waals surface area contributed by atoms with Gasteiger partial charge in [-0.3, -0.25) is 9.69 Å². The van der Waals surface area contributed by atoms with Gasteiger partial charge in [-0.15, -0.1) is 0 Å². The van der Waals surface area contributed by atoms with Gasteiger partial charge < -0.3 is 10.1 Å². The van der Waals surface area contributed by atoms with Gasteiger partial charge in [0.05, 0.1) is 24.9 Å². The Bertz CT molecular complexity index is 425. The number of morpholine rings is 1. The van der Waals surface area contributed by atoms with E-state index in [4.69, 9.17) is 4.74 Å². The maximum Gasteiger partial charge on any atom is 0.238 e. The molecule has 1 amide bonds. The molecule has 1 heterocycles. The molecule has 1 N–H and O–H groups in total. The van der Waals surface area contributed by atoms with E-state index in [1.54, 1.807) is 0 Å². The van der Waals surface area contributed by atoms with Crippen molar-refractivity contribution in [3.05, 3.63) is 28.7 Å². The van der Waals surface area contributed by atoms with E-state index in [0.29, 0.717) is 13.2 Å². The van der Waals surface area contributed by atoms with Gasteiger partial charge in [0.1, 0.15) is 0 Å². The van der Waals surface area contributed by atoms with Crippen molar-refractivity contribution in [2.45, 2.75) is 13.0 Å². The first-order chi connectivity index (χ1) is 8.65. The Morgan fingerprint density at radius 2 is 2.33 bits per heavy atom. The van der Waals surface area contributed by atoms with Crippen LogP contribution < -0.4 is 5.32 Å². The van der Waals surface area contributed by atoms with Crippen LogP contribution in [-0.4, -0.2) is 43.2 Å². The fourth-order valence-electron chi connectivity index (χ4n) is 1.99. The lowest BCUT2D eigenvalue weighted by Crippen LogP contribution is -2.44. The van der Waals surface area contributed by atoms with Crippen LogP contribution in [0.15, 0.2) is 28.7 Å². The van der Waals surface area contributed by atoms with Crippen molar-refractivity contribution in [2.24, 2.45) is 0 Å². The van der Waals surface area contributed by atoms with E-state index in [0.717, 1.165) is 23.2 Å². The Morgan fingerprint density at radius 3 is 3.06 bits per heavy atom. The summed E-state index contributed by atoms with van der Waals surface area (Å²) in [5, 5.41) is 2.90. The fourth-order valence-corrected chi connectivity index (χ4v) is 2.37. The number of ether oxygens (including phenoxy) is 1. The molecule has 1 aromatic rings. The molecule has 1 aliphatic heterocycles. The highest BCUT2D eigenvalue weighted by atomic mass is 79.9. The smallest absolute Gasteiger partial charge is 0.238 e.